The maximum Gasteiger partial charge on any atom is 0.304 e. The Kier molecular flexibility index (Phi) is 5.77. The highest BCUT2D eigenvalue weighted by molar-refractivity contribution is 6.30. The molecule has 2 atom stereocenters. The first-order valence-corrected chi connectivity index (χ1v) is 9.80. The van der Waals surface area contributed by atoms with Gasteiger partial charge in [0.25, 0.3) is 5.91 Å². The smallest absolute Gasteiger partial charge is 0.304 e. The maximum atomic E-state index is 13.3. The van der Waals surface area contributed by atoms with Crippen LogP contribution >= 0.6 is 11.6 Å². The SMILES string of the molecule is O=C(N[C@H]1C(=O)N/[N+](=C\c2ccc(F)cc2)[C@H]1c1ccc(Cl)cc1)c1ccc(F)cc1. The number of hydrazone groups is 1. The maximum absolute atomic E-state index is 13.3. The summed E-state index contributed by atoms with van der Waals surface area (Å²) in [4.78, 5) is 25.5. The van der Waals surface area contributed by atoms with Crippen molar-refractivity contribution in [2.75, 3.05) is 0 Å². The molecule has 5 nitrogen and oxygen atoms in total. The molecule has 0 saturated carbocycles. The Morgan fingerprint density at radius 2 is 1.52 bits per heavy atom. The zero-order chi connectivity index (χ0) is 22.0. The molecule has 2 N–H and O–H groups in total. The average Bonchev–Trinajstić information content (AvgIpc) is 3.05. The molecule has 0 aromatic heterocycles. The van der Waals surface area contributed by atoms with Crippen LogP contribution in [-0.4, -0.2) is 28.8 Å². The number of amides is 2. The van der Waals surface area contributed by atoms with Crippen molar-refractivity contribution in [2.24, 2.45) is 0 Å². The Balaban J connectivity index is 1.69. The molecule has 0 unspecified atom stereocenters. The Morgan fingerprint density at radius 3 is 2.13 bits per heavy atom. The highest BCUT2D eigenvalue weighted by atomic mass is 35.5. The van der Waals surface area contributed by atoms with E-state index in [9.17, 15) is 18.4 Å². The molecule has 0 spiro atoms. The Bertz CT molecular complexity index is 1150. The summed E-state index contributed by atoms with van der Waals surface area (Å²) in [5, 5.41) is 3.25. The molecule has 1 fully saturated rings. The van der Waals surface area contributed by atoms with Crippen molar-refractivity contribution in [3.8, 4) is 0 Å². The summed E-state index contributed by atoms with van der Waals surface area (Å²) in [6, 6.07) is 16.2. The van der Waals surface area contributed by atoms with Gasteiger partial charge in [0.05, 0.1) is 0 Å². The van der Waals surface area contributed by atoms with Gasteiger partial charge >= 0.3 is 5.91 Å². The number of nitrogens with zero attached hydrogens (tertiary/aromatic N) is 1. The first-order valence-electron chi connectivity index (χ1n) is 9.42. The molecule has 3 aromatic rings. The van der Waals surface area contributed by atoms with Crippen molar-refractivity contribution in [2.45, 2.75) is 12.1 Å². The molecule has 1 heterocycles. The normalized spacial score (nSPS) is 19.3. The van der Waals surface area contributed by atoms with Gasteiger partial charge < -0.3 is 5.32 Å². The minimum atomic E-state index is -0.935. The third kappa shape index (κ3) is 4.62. The predicted molar refractivity (Wildman–Crippen MR) is 112 cm³/mol. The molecule has 2 amide bonds. The van der Waals surface area contributed by atoms with Crippen LogP contribution in [0.4, 0.5) is 8.78 Å². The van der Waals surface area contributed by atoms with Crippen LogP contribution in [0.15, 0.2) is 72.8 Å². The predicted octanol–water partition coefficient (Wildman–Crippen LogP) is 3.63. The van der Waals surface area contributed by atoms with Gasteiger partial charge in [0, 0.05) is 21.7 Å². The van der Waals surface area contributed by atoms with Crippen molar-refractivity contribution in [1.82, 2.24) is 10.7 Å². The number of hydrogen-bond acceptors (Lipinski definition) is 2. The van der Waals surface area contributed by atoms with Crippen molar-refractivity contribution < 1.29 is 23.1 Å². The van der Waals surface area contributed by atoms with E-state index >= 15 is 0 Å². The largest absolute Gasteiger partial charge is 0.334 e. The number of hydrogen-bond donors (Lipinski definition) is 2. The molecular weight excluding hydrogens is 424 g/mol. The Morgan fingerprint density at radius 1 is 0.935 bits per heavy atom. The molecule has 1 saturated heterocycles. The zero-order valence-corrected chi connectivity index (χ0v) is 16.8. The lowest BCUT2D eigenvalue weighted by Crippen LogP contribution is -2.42. The lowest BCUT2D eigenvalue weighted by atomic mass is 10.00. The second kappa shape index (κ2) is 8.65. The van der Waals surface area contributed by atoms with Gasteiger partial charge in [-0.1, -0.05) is 23.7 Å². The Hall–Kier alpha value is -3.58. The summed E-state index contributed by atoms with van der Waals surface area (Å²) >= 11 is 6.00. The molecule has 156 valence electrons. The van der Waals surface area contributed by atoms with Gasteiger partial charge in [-0.25, -0.2) is 8.78 Å². The highest BCUT2D eigenvalue weighted by Gasteiger charge is 2.47. The van der Waals surface area contributed by atoms with Crippen molar-refractivity contribution in [3.63, 3.8) is 0 Å². The molecule has 1 aliphatic rings. The van der Waals surface area contributed by atoms with E-state index in [0.717, 1.165) is 5.56 Å². The molecule has 31 heavy (non-hydrogen) atoms. The van der Waals surface area contributed by atoms with Crippen molar-refractivity contribution >= 4 is 29.6 Å². The number of carbonyl (C=O) groups excluding carboxylic acids is 2. The van der Waals surface area contributed by atoms with Gasteiger partial charge in [-0.05, 0) is 60.7 Å². The number of benzene rings is 3. The van der Waals surface area contributed by atoms with Gasteiger partial charge in [-0.2, -0.15) is 0 Å². The van der Waals surface area contributed by atoms with Crippen LogP contribution in [0.1, 0.15) is 27.5 Å². The highest BCUT2D eigenvalue weighted by Crippen LogP contribution is 2.26. The fourth-order valence-electron chi connectivity index (χ4n) is 3.38. The van der Waals surface area contributed by atoms with E-state index in [-0.39, 0.29) is 11.4 Å². The van der Waals surface area contributed by atoms with Crippen LogP contribution in [0, 0.1) is 11.6 Å². The fraction of sp³-hybridized carbons (Fsp3) is 0.0870. The van der Waals surface area contributed by atoms with Crippen LogP contribution < -0.4 is 10.7 Å². The van der Waals surface area contributed by atoms with Crippen LogP contribution in [0.3, 0.4) is 0 Å². The third-order valence-electron chi connectivity index (χ3n) is 4.90. The van der Waals surface area contributed by atoms with E-state index < -0.39 is 29.7 Å². The van der Waals surface area contributed by atoms with Gasteiger partial charge in [-0.15, -0.1) is 10.1 Å². The average molecular weight is 441 g/mol. The first-order chi connectivity index (χ1) is 14.9. The van der Waals surface area contributed by atoms with Crippen molar-refractivity contribution in [1.29, 1.82) is 0 Å². The quantitative estimate of drug-likeness (QED) is 0.608. The van der Waals surface area contributed by atoms with E-state index in [1.54, 1.807) is 47.3 Å². The molecule has 0 radical (unpaired) electrons. The first kappa shape index (κ1) is 20.7. The molecule has 0 aliphatic carbocycles. The fourth-order valence-corrected chi connectivity index (χ4v) is 3.50. The molecule has 3 aromatic carbocycles. The molecule has 4 rings (SSSR count). The van der Waals surface area contributed by atoms with E-state index in [2.05, 4.69) is 10.7 Å². The summed E-state index contributed by atoms with van der Waals surface area (Å²) in [5.74, 6) is -1.77. The summed E-state index contributed by atoms with van der Waals surface area (Å²) in [7, 11) is 0. The van der Waals surface area contributed by atoms with Crippen LogP contribution in [0.5, 0.6) is 0 Å². The zero-order valence-electron chi connectivity index (χ0n) is 16.1. The molecule has 0 bridgehead atoms. The second-order valence-electron chi connectivity index (χ2n) is 7.02. The van der Waals surface area contributed by atoms with Crippen LogP contribution in [0.2, 0.25) is 5.02 Å². The van der Waals surface area contributed by atoms with Gasteiger partial charge in [0.2, 0.25) is 12.3 Å². The molecular formula is C23H17ClF2N3O2+. The van der Waals surface area contributed by atoms with Gasteiger partial charge in [0.1, 0.15) is 11.6 Å². The molecule has 8 heteroatoms. The monoisotopic (exact) mass is 440 g/mol. The number of rotatable bonds is 4. The standard InChI is InChI=1S/C23H16ClF2N3O2/c24-17-7-3-15(4-8-17)21-20(27-22(30)16-5-11-19(26)12-6-16)23(31)28-29(21)13-14-1-9-18(25)10-2-14/h1-13,20-21H,(H-,27,28,30,31)/p+1/b29-13-/t20-,21+/m1/s1. The van der Waals surface area contributed by atoms with E-state index in [1.807, 2.05) is 0 Å². The third-order valence-corrected chi connectivity index (χ3v) is 5.15. The van der Waals surface area contributed by atoms with Gasteiger partial charge in [-0.3, -0.25) is 9.59 Å². The molecule has 1 aliphatic heterocycles. The summed E-state index contributed by atoms with van der Waals surface area (Å²) < 4.78 is 28.0. The minimum absolute atomic E-state index is 0.227. The number of hydrazine groups is 1. The lowest BCUT2D eigenvalue weighted by Gasteiger charge is -2.15. The van der Waals surface area contributed by atoms with Gasteiger partial charge in [0.15, 0.2) is 6.04 Å². The topological polar surface area (TPSA) is 61.2 Å². The summed E-state index contributed by atoms with van der Waals surface area (Å²) in [6.45, 7) is 0. The van der Waals surface area contributed by atoms with E-state index in [1.165, 1.54) is 36.4 Å². The van der Waals surface area contributed by atoms with Crippen molar-refractivity contribution in [3.05, 3.63) is 106 Å². The second-order valence-corrected chi connectivity index (χ2v) is 7.45. The van der Waals surface area contributed by atoms with Crippen LogP contribution in [0.25, 0.3) is 0 Å². The number of carbonyl (C=O) groups is 2. The van der Waals surface area contributed by atoms with E-state index in [4.69, 9.17) is 11.6 Å². The summed E-state index contributed by atoms with van der Waals surface area (Å²) in [5.41, 5.74) is 4.35. The number of nitrogens with one attached hydrogen (secondary N) is 2. The lowest BCUT2D eigenvalue weighted by molar-refractivity contribution is -0.596. The number of halogens is 3. The van der Waals surface area contributed by atoms with E-state index in [0.29, 0.717) is 10.6 Å². The summed E-state index contributed by atoms with van der Waals surface area (Å²) in [6.07, 6.45) is 1.65. The Labute approximate surface area is 181 Å². The minimum Gasteiger partial charge on any atom is -0.334 e. The van der Waals surface area contributed by atoms with Crippen LogP contribution in [-0.2, 0) is 4.79 Å².